The third-order valence-electron chi connectivity index (χ3n) is 1.41. The molecular formula is C11H21Cl3Na4O7. The van der Waals surface area contributed by atoms with Crippen molar-refractivity contribution in [1.82, 2.24) is 0 Å². The second-order valence-corrected chi connectivity index (χ2v) is 3.54. The van der Waals surface area contributed by atoms with Crippen LogP contribution in [0.2, 0.25) is 0 Å². The molecule has 0 atom stereocenters. The fraction of sp³-hybridized carbons (Fsp3) is 0.727. The van der Waals surface area contributed by atoms with E-state index in [2.05, 4.69) is 9.78 Å². The first kappa shape index (κ1) is 51.1. The molecule has 0 aliphatic rings. The third kappa shape index (κ3) is 65.9. The summed E-state index contributed by atoms with van der Waals surface area (Å²) >= 11 is 7.71. The summed E-state index contributed by atoms with van der Waals surface area (Å²) in [5.41, 5.74) is 0. The molecule has 0 amide bonds. The molecule has 0 aromatic rings. The summed E-state index contributed by atoms with van der Waals surface area (Å²) in [4.78, 5) is 53.3. The first-order chi connectivity index (χ1) is 9.97. The van der Waals surface area contributed by atoms with Gasteiger partial charge in [0.1, 0.15) is 0 Å². The van der Waals surface area contributed by atoms with Gasteiger partial charge >= 0.3 is 115 Å². The predicted molar refractivity (Wildman–Crippen MR) is 89.8 cm³/mol. The number of rotatable bonds is 5. The second-order valence-electron chi connectivity index (χ2n) is 3.12. The first-order valence-corrected chi connectivity index (χ1v) is 15.1. The fourth-order valence-corrected chi connectivity index (χ4v) is 0.585. The minimum atomic E-state index is -0.498. The van der Waals surface area contributed by atoms with Crippen LogP contribution in [0.15, 0.2) is 0 Å². The van der Waals surface area contributed by atoms with E-state index < -0.39 is 11.9 Å². The van der Waals surface area contributed by atoms with Crippen molar-refractivity contribution in [2.75, 3.05) is 0 Å². The van der Waals surface area contributed by atoms with Crippen molar-refractivity contribution in [1.29, 1.82) is 0 Å². The van der Waals surface area contributed by atoms with Gasteiger partial charge in [0.25, 0.3) is 0 Å². The van der Waals surface area contributed by atoms with Gasteiger partial charge in [-0.2, -0.15) is 0 Å². The fourth-order valence-electron chi connectivity index (χ4n) is 0.585. The zero-order valence-electron chi connectivity index (χ0n) is 17.1. The molecule has 25 heavy (non-hydrogen) atoms. The molecule has 0 spiro atoms. The SMILES string of the molecule is CCC(=O)Cl.CCCC(=O)OOC(=O)CCC.Cl.O=O.[Cl-].[H-].[Na+].[Na+].[Na][Na]. The van der Waals surface area contributed by atoms with Gasteiger partial charge in [0.2, 0.25) is 5.24 Å². The zero-order valence-corrected chi connectivity index (χ0v) is 26.4. The van der Waals surface area contributed by atoms with E-state index in [1.807, 2.05) is 13.8 Å². The van der Waals surface area contributed by atoms with Gasteiger partial charge in [-0.1, -0.05) is 20.8 Å². The molecule has 0 N–H and O–H groups in total. The molecule has 14 heteroatoms. The Morgan fingerprint density at radius 1 is 0.880 bits per heavy atom. The summed E-state index contributed by atoms with van der Waals surface area (Å²) in [7, 11) is 0. The normalized spacial score (nSPS) is 6.40. The van der Waals surface area contributed by atoms with Crippen molar-refractivity contribution in [3.05, 3.63) is 9.93 Å². The summed E-state index contributed by atoms with van der Waals surface area (Å²) < 4.78 is 0. The Hall–Kier alpha value is 3.08. The number of carbonyl (C=O) groups is 3. The summed E-state index contributed by atoms with van der Waals surface area (Å²) in [6.07, 6.45) is 2.36. The molecular weight excluding hydrogens is 442 g/mol. The third-order valence-corrected chi connectivity index (χ3v) is 1.68. The van der Waals surface area contributed by atoms with E-state index in [4.69, 9.17) is 21.5 Å². The molecule has 7 nitrogen and oxygen atoms in total. The summed E-state index contributed by atoms with van der Waals surface area (Å²) in [6, 6.07) is 0. The topological polar surface area (TPSA) is 104 Å². The van der Waals surface area contributed by atoms with Gasteiger partial charge in [0.05, 0.1) is 0 Å². The average Bonchev–Trinajstić information content (AvgIpc) is 2.50. The molecule has 132 valence electrons. The van der Waals surface area contributed by atoms with Crippen LogP contribution in [-0.4, -0.2) is 60.8 Å². The van der Waals surface area contributed by atoms with Crippen LogP contribution in [-0.2, 0) is 24.2 Å². The Balaban J connectivity index is -0.0000000257. The minimum absolute atomic E-state index is 0. The Labute approximate surface area is 240 Å². The van der Waals surface area contributed by atoms with E-state index in [-0.39, 0.29) is 103 Å². The van der Waals surface area contributed by atoms with E-state index in [9.17, 15) is 14.4 Å². The van der Waals surface area contributed by atoms with Crippen LogP contribution in [0.25, 0.3) is 0 Å². The van der Waals surface area contributed by atoms with Gasteiger partial charge in [-0.15, -0.1) is 12.4 Å². The van der Waals surface area contributed by atoms with Crippen molar-refractivity contribution in [3.63, 3.8) is 0 Å². The van der Waals surface area contributed by atoms with Crippen LogP contribution in [0.4, 0.5) is 0 Å². The van der Waals surface area contributed by atoms with Crippen LogP contribution in [0.5, 0.6) is 0 Å². The van der Waals surface area contributed by atoms with Crippen LogP contribution in [0, 0.1) is 9.93 Å². The average molecular weight is 464 g/mol. The molecule has 0 heterocycles. The van der Waals surface area contributed by atoms with E-state index in [1.54, 1.807) is 6.92 Å². The van der Waals surface area contributed by atoms with Crippen molar-refractivity contribution in [3.8, 4) is 0 Å². The molecule has 0 radical (unpaired) electrons. The Bertz CT molecular complexity index is 266. The van der Waals surface area contributed by atoms with E-state index in [1.165, 1.54) is 43.6 Å². The summed E-state index contributed by atoms with van der Waals surface area (Å²) in [6.45, 7) is 5.40. The van der Waals surface area contributed by atoms with Crippen molar-refractivity contribution in [2.24, 2.45) is 0 Å². The van der Waals surface area contributed by atoms with Gasteiger partial charge in [-0.05, 0) is 24.4 Å². The Kier molecular flexibility index (Phi) is 103. The quantitative estimate of drug-likeness (QED) is 0.173. The van der Waals surface area contributed by atoms with E-state index >= 15 is 0 Å². The number of hydrogen-bond acceptors (Lipinski definition) is 7. The van der Waals surface area contributed by atoms with Gasteiger partial charge < -0.3 is 13.8 Å². The van der Waals surface area contributed by atoms with Crippen molar-refractivity contribution < 1.29 is 97.1 Å². The molecule has 0 aromatic carbocycles. The van der Waals surface area contributed by atoms with Gasteiger partial charge in [-0.25, -0.2) is 19.4 Å². The van der Waals surface area contributed by atoms with E-state index in [0.717, 1.165) is 0 Å². The van der Waals surface area contributed by atoms with E-state index in [0.29, 0.717) is 19.3 Å². The number of halogens is 3. The maximum absolute atomic E-state index is 10.7. The molecule has 0 fully saturated rings. The molecule has 0 aliphatic carbocycles. The first-order valence-electron chi connectivity index (χ1n) is 6.72. The zero-order chi connectivity index (χ0) is 17.7. The molecule has 0 rings (SSSR count). The molecule has 0 bridgehead atoms. The molecule has 0 aromatic heterocycles. The molecule has 0 saturated heterocycles. The van der Waals surface area contributed by atoms with Gasteiger partial charge in [0, 0.05) is 29.2 Å². The van der Waals surface area contributed by atoms with Crippen LogP contribution < -0.4 is 71.5 Å². The van der Waals surface area contributed by atoms with Crippen LogP contribution in [0.3, 0.4) is 0 Å². The molecule has 0 unspecified atom stereocenters. The summed E-state index contributed by atoms with van der Waals surface area (Å²) in [5, 5.41) is -0.273. The number of hydrogen-bond donors (Lipinski definition) is 0. The number of carbonyl (C=O) groups excluding carboxylic acids is 3. The molecule has 0 saturated carbocycles. The van der Waals surface area contributed by atoms with Crippen molar-refractivity contribution in [2.45, 2.75) is 52.9 Å². The molecule has 0 aliphatic heterocycles. The predicted octanol–water partition coefficient (Wildman–Crippen LogP) is -6.40. The van der Waals surface area contributed by atoms with Crippen molar-refractivity contribution >= 4 is 84.8 Å². The van der Waals surface area contributed by atoms with Crippen LogP contribution in [0.1, 0.15) is 54.3 Å². The summed E-state index contributed by atoms with van der Waals surface area (Å²) in [5.74, 6) is -0.996. The van der Waals surface area contributed by atoms with Gasteiger partial charge in [0.15, 0.2) is 0 Å². The Morgan fingerprint density at radius 3 is 1.20 bits per heavy atom. The second kappa shape index (κ2) is 50.6. The maximum atomic E-state index is 10.7. The standard InChI is InChI=1S/C8H14O4.C3H5ClO.2ClH.4Na.O2.H/c1-3-5-7(9)11-12-8(10)6-4-2;1-2-3(4)5;;;;;;;1-2;/h3-6H2,1-2H3;2H2,1H3;2*1H;;;;;;/q;;;;;;2*+1;;-1/p-1. The van der Waals surface area contributed by atoms with Crippen LogP contribution >= 0.6 is 24.0 Å². The van der Waals surface area contributed by atoms with Gasteiger partial charge in [-0.3, -0.25) is 4.79 Å². The Morgan fingerprint density at radius 2 is 1.08 bits per heavy atom. The monoisotopic (exact) mass is 462 g/mol.